The molecule has 1 saturated heterocycles. The molecule has 128 valence electrons. The van der Waals surface area contributed by atoms with Crippen molar-refractivity contribution in [2.24, 2.45) is 5.92 Å². The van der Waals surface area contributed by atoms with Crippen LogP contribution in [-0.4, -0.2) is 41.2 Å². The van der Waals surface area contributed by atoms with E-state index in [9.17, 15) is 14.7 Å². The van der Waals surface area contributed by atoms with Crippen molar-refractivity contribution in [3.05, 3.63) is 34.4 Å². The van der Waals surface area contributed by atoms with E-state index in [0.717, 1.165) is 27.4 Å². The Morgan fingerprint density at radius 1 is 1.46 bits per heavy atom. The van der Waals surface area contributed by atoms with Crippen LogP contribution in [0.3, 0.4) is 0 Å². The van der Waals surface area contributed by atoms with Gasteiger partial charge >= 0.3 is 5.97 Å². The van der Waals surface area contributed by atoms with E-state index < -0.39 is 12.0 Å². The van der Waals surface area contributed by atoms with Gasteiger partial charge in [-0.1, -0.05) is 15.9 Å². The molecule has 2 heterocycles. The summed E-state index contributed by atoms with van der Waals surface area (Å²) in [5.41, 5.74) is 1.80. The maximum atomic E-state index is 12.1. The summed E-state index contributed by atoms with van der Waals surface area (Å²) in [5.74, 6) is -1.09. The molecule has 1 aliphatic rings. The van der Waals surface area contributed by atoms with Gasteiger partial charge in [-0.05, 0) is 36.1 Å². The second kappa shape index (κ2) is 7.36. The van der Waals surface area contributed by atoms with Gasteiger partial charge in [0, 0.05) is 47.6 Å². The lowest BCUT2D eigenvalue weighted by atomic mass is 10.0. The average molecular weight is 395 g/mol. The fraction of sp³-hybridized carbons (Fsp3) is 0.412. The zero-order valence-corrected chi connectivity index (χ0v) is 14.6. The highest BCUT2D eigenvalue weighted by Crippen LogP contribution is 2.24. The second-order valence-electron chi connectivity index (χ2n) is 6.10. The predicted octanol–water partition coefficient (Wildman–Crippen LogP) is 2.47. The number of aromatic amines is 1. The highest BCUT2D eigenvalue weighted by molar-refractivity contribution is 9.10. The monoisotopic (exact) mass is 394 g/mol. The number of carbonyl (C=O) groups excluding carboxylic acids is 1. The Hall–Kier alpha value is -1.86. The van der Waals surface area contributed by atoms with Crippen molar-refractivity contribution in [2.75, 3.05) is 13.2 Å². The Bertz CT molecular complexity index is 752. The molecule has 0 saturated carbocycles. The number of rotatable bonds is 6. The zero-order valence-electron chi connectivity index (χ0n) is 13.0. The molecule has 0 unspecified atom stereocenters. The summed E-state index contributed by atoms with van der Waals surface area (Å²) >= 11 is 3.42. The van der Waals surface area contributed by atoms with Gasteiger partial charge in [0.2, 0.25) is 5.91 Å². The molecule has 0 spiro atoms. The lowest BCUT2D eigenvalue weighted by Crippen LogP contribution is -2.42. The molecule has 6 nitrogen and oxygen atoms in total. The van der Waals surface area contributed by atoms with Gasteiger partial charge < -0.3 is 20.1 Å². The molecular formula is C17H19BrN2O4. The van der Waals surface area contributed by atoms with Crippen LogP contribution >= 0.6 is 15.9 Å². The van der Waals surface area contributed by atoms with Gasteiger partial charge in [0.05, 0.1) is 0 Å². The summed E-state index contributed by atoms with van der Waals surface area (Å²) in [4.78, 5) is 26.8. The molecule has 1 aliphatic heterocycles. The number of carbonyl (C=O) groups is 2. The largest absolute Gasteiger partial charge is 0.480 e. The first-order chi connectivity index (χ1) is 11.5. The third-order valence-electron chi connectivity index (χ3n) is 4.28. The van der Waals surface area contributed by atoms with Crippen molar-refractivity contribution in [1.82, 2.24) is 10.3 Å². The van der Waals surface area contributed by atoms with Crippen LogP contribution in [0.25, 0.3) is 10.9 Å². The van der Waals surface area contributed by atoms with Crippen LogP contribution in [0, 0.1) is 5.92 Å². The van der Waals surface area contributed by atoms with E-state index in [4.69, 9.17) is 4.74 Å². The van der Waals surface area contributed by atoms with E-state index in [2.05, 4.69) is 26.2 Å². The zero-order chi connectivity index (χ0) is 17.1. The summed E-state index contributed by atoms with van der Waals surface area (Å²) < 4.78 is 6.17. The van der Waals surface area contributed by atoms with Gasteiger partial charge in [-0.2, -0.15) is 0 Å². The quantitative estimate of drug-likeness (QED) is 0.701. The van der Waals surface area contributed by atoms with Crippen molar-refractivity contribution in [3.8, 4) is 0 Å². The summed E-state index contributed by atoms with van der Waals surface area (Å²) in [6.45, 7) is 1.24. The lowest BCUT2D eigenvalue weighted by Gasteiger charge is -2.15. The Labute approximate surface area is 147 Å². The normalized spacial score (nSPS) is 18.6. The molecule has 0 radical (unpaired) electrons. The Balaban J connectivity index is 1.69. The minimum Gasteiger partial charge on any atom is -0.480 e. The highest BCUT2D eigenvalue weighted by Gasteiger charge is 2.25. The summed E-state index contributed by atoms with van der Waals surface area (Å²) in [6.07, 6.45) is 3.19. The first kappa shape index (κ1) is 17.0. The molecule has 1 fully saturated rings. The lowest BCUT2D eigenvalue weighted by molar-refractivity contribution is -0.141. The van der Waals surface area contributed by atoms with Gasteiger partial charge in [-0.3, -0.25) is 4.79 Å². The number of H-pyrrole nitrogens is 1. The molecule has 7 heteroatoms. The number of hydrogen-bond donors (Lipinski definition) is 3. The topological polar surface area (TPSA) is 91.4 Å². The molecule has 0 aliphatic carbocycles. The molecule has 2 atom stereocenters. The van der Waals surface area contributed by atoms with E-state index in [1.165, 1.54) is 0 Å². The van der Waals surface area contributed by atoms with Crippen molar-refractivity contribution in [2.45, 2.75) is 25.3 Å². The van der Waals surface area contributed by atoms with Crippen LogP contribution in [0.15, 0.2) is 28.9 Å². The van der Waals surface area contributed by atoms with E-state index in [1.807, 2.05) is 18.2 Å². The molecule has 1 aromatic heterocycles. The molecule has 24 heavy (non-hydrogen) atoms. The van der Waals surface area contributed by atoms with Crippen LogP contribution in [-0.2, 0) is 20.7 Å². The maximum absolute atomic E-state index is 12.1. The van der Waals surface area contributed by atoms with Crippen LogP contribution in [0.2, 0.25) is 0 Å². The molecule has 2 aromatic rings. The number of nitrogens with one attached hydrogen (secondary N) is 2. The van der Waals surface area contributed by atoms with Crippen LogP contribution in [0.1, 0.15) is 18.4 Å². The SMILES string of the molecule is O=C(C[C@@H]1CCOC1)N[C@@H](Cc1c[nH]c2ccc(Br)cc12)C(=O)O. The first-order valence-corrected chi connectivity index (χ1v) is 8.67. The summed E-state index contributed by atoms with van der Waals surface area (Å²) in [6, 6.07) is 4.84. The van der Waals surface area contributed by atoms with Crippen LogP contribution in [0.5, 0.6) is 0 Å². The molecule has 3 rings (SSSR count). The Kier molecular flexibility index (Phi) is 5.20. The van der Waals surface area contributed by atoms with Gasteiger partial charge in [0.25, 0.3) is 0 Å². The fourth-order valence-corrected chi connectivity index (χ4v) is 3.36. The number of aromatic nitrogens is 1. The molecule has 0 bridgehead atoms. The van der Waals surface area contributed by atoms with Crippen molar-refractivity contribution in [1.29, 1.82) is 0 Å². The van der Waals surface area contributed by atoms with E-state index in [0.29, 0.717) is 19.6 Å². The summed E-state index contributed by atoms with van der Waals surface area (Å²) in [5, 5.41) is 13.0. The van der Waals surface area contributed by atoms with Crippen molar-refractivity contribution >= 4 is 38.7 Å². The number of halogens is 1. The first-order valence-electron chi connectivity index (χ1n) is 7.88. The van der Waals surface area contributed by atoms with E-state index >= 15 is 0 Å². The number of amides is 1. The van der Waals surface area contributed by atoms with Gasteiger partial charge in [-0.25, -0.2) is 4.79 Å². The number of carboxylic acids is 1. The van der Waals surface area contributed by atoms with Gasteiger partial charge in [-0.15, -0.1) is 0 Å². The Morgan fingerprint density at radius 3 is 3.00 bits per heavy atom. The summed E-state index contributed by atoms with van der Waals surface area (Å²) in [7, 11) is 0. The molecular weight excluding hydrogens is 376 g/mol. The fourth-order valence-electron chi connectivity index (χ4n) is 3.00. The minimum atomic E-state index is -1.03. The number of carboxylic acid groups (broad SMARTS) is 1. The predicted molar refractivity (Wildman–Crippen MR) is 92.8 cm³/mol. The second-order valence-corrected chi connectivity index (χ2v) is 7.02. The highest BCUT2D eigenvalue weighted by atomic mass is 79.9. The number of benzene rings is 1. The number of hydrogen-bond acceptors (Lipinski definition) is 3. The van der Waals surface area contributed by atoms with E-state index in [-0.39, 0.29) is 18.2 Å². The van der Waals surface area contributed by atoms with Crippen molar-refractivity contribution < 1.29 is 19.4 Å². The standard InChI is InChI=1S/C17H19BrN2O4/c18-12-1-2-14-13(7-12)11(8-19-14)6-15(17(22)23)20-16(21)5-10-3-4-24-9-10/h1-2,7-8,10,15,19H,3-6,9H2,(H,20,21)(H,22,23)/t10-,15-/m0/s1. The maximum Gasteiger partial charge on any atom is 0.326 e. The Morgan fingerprint density at radius 2 is 2.29 bits per heavy atom. The molecule has 1 aromatic carbocycles. The number of aliphatic carboxylic acids is 1. The van der Waals surface area contributed by atoms with E-state index in [1.54, 1.807) is 6.20 Å². The van der Waals surface area contributed by atoms with Crippen molar-refractivity contribution in [3.63, 3.8) is 0 Å². The third kappa shape index (κ3) is 3.96. The van der Waals surface area contributed by atoms with Crippen LogP contribution < -0.4 is 5.32 Å². The number of fused-ring (bicyclic) bond motifs is 1. The van der Waals surface area contributed by atoms with Gasteiger partial charge in [0.1, 0.15) is 6.04 Å². The molecule has 3 N–H and O–H groups in total. The minimum absolute atomic E-state index is 0.184. The number of ether oxygens (including phenoxy) is 1. The van der Waals surface area contributed by atoms with Crippen LogP contribution in [0.4, 0.5) is 0 Å². The molecule has 1 amide bonds. The van der Waals surface area contributed by atoms with Gasteiger partial charge in [0.15, 0.2) is 0 Å². The third-order valence-corrected chi connectivity index (χ3v) is 4.78. The smallest absolute Gasteiger partial charge is 0.326 e. The average Bonchev–Trinajstić information content (AvgIpc) is 3.16.